The van der Waals surface area contributed by atoms with E-state index >= 15 is 0 Å². The third-order valence-corrected chi connectivity index (χ3v) is 10.3. The molecule has 4 amide bonds. The van der Waals surface area contributed by atoms with Gasteiger partial charge in [-0.25, -0.2) is 13.2 Å². The fourth-order valence-corrected chi connectivity index (χ4v) is 7.27. The van der Waals surface area contributed by atoms with Crippen LogP contribution in [0.15, 0.2) is 36.4 Å². The van der Waals surface area contributed by atoms with E-state index in [0.717, 1.165) is 30.4 Å². The van der Waals surface area contributed by atoms with Crippen LogP contribution in [0.3, 0.4) is 0 Å². The Labute approximate surface area is 253 Å². The van der Waals surface area contributed by atoms with Crippen molar-refractivity contribution in [1.82, 2.24) is 20.3 Å². The summed E-state index contributed by atoms with van der Waals surface area (Å²) in [6, 6.07) is 5.67. The minimum atomic E-state index is -3.83. The molecule has 1 unspecified atom stereocenters. The number of carbonyl (C=O) groups excluding carboxylic acids is 4. The lowest BCUT2D eigenvalue weighted by Gasteiger charge is -2.38. The Morgan fingerprint density at radius 1 is 1.05 bits per heavy atom. The highest BCUT2D eigenvalue weighted by molar-refractivity contribution is 7.91. The molecular weight excluding hydrogens is 572 g/mol. The number of ether oxygens (including phenoxy) is 1. The largest absolute Gasteiger partial charge is 0.444 e. The molecule has 2 fully saturated rings. The summed E-state index contributed by atoms with van der Waals surface area (Å²) in [5, 5.41) is 5.04. The molecule has 0 saturated heterocycles. The summed E-state index contributed by atoms with van der Waals surface area (Å²) in [4.78, 5) is 55.9. The fourth-order valence-electron chi connectivity index (χ4n) is 5.91. The number of amides is 4. The summed E-state index contributed by atoms with van der Waals surface area (Å²) < 4.78 is 33.0. The van der Waals surface area contributed by atoms with E-state index < -0.39 is 62.3 Å². The van der Waals surface area contributed by atoms with Gasteiger partial charge in [-0.1, -0.05) is 49.3 Å². The van der Waals surface area contributed by atoms with Gasteiger partial charge in [-0.15, -0.1) is 0 Å². The van der Waals surface area contributed by atoms with Crippen molar-refractivity contribution < 1.29 is 32.3 Å². The van der Waals surface area contributed by atoms with E-state index in [4.69, 9.17) is 4.74 Å². The molecule has 2 heterocycles. The third-order valence-electron chi connectivity index (χ3n) is 8.52. The number of allylic oxidation sites excluding steroid dienone is 1. The molecule has 4 atom stereocenters. The molecular formula is C31H42N4O7S. The number of nitrogens with zero attached hydrogens (tertiary/aromatic N) is 1. The van der Waals surface area contributed by atoms with E-state index in [1.807, 2.05) is 36.4 Å². The van der Waals surface area contributed by atoms with Gasteiger partial charge in [0.2, 0.25) is 21.8 Å². The van der Waals surface area contributed by atoms with Crippen molar-refractivity contribution in [2.75, 3.05) is 0 Å². The van der Waals surface area contributed by atoms with Crippen molar-refractivity contribution in [3.63, 3.8) is 0 Å². The first-order chi connectivity index (χ1) is 20.3. The van der Waals surface area contributed by atoms with Crippen LogP contribution in [-0.4, -0.2) is 65.6 Å². The monoisotopic (exact) mass is 614 g/mol. The van der Waals surface area contributed by atoms with Crippen LogP contribution in [0.25, 0.3) is 0 Å². The minimum absolute atomic E-state index is 0.151. The van der Waals surface area contributed by atoms with Crippen LogP contribution in [0.5, 0.6) is 0 Å². The van der Waals surface area contributed by atoms with Gasteiger partial charge in [-0.3, -0.25) is 19.1 Å². The van der Waals surface area contributed by atoms with E-state index in [1.54, 1.807) is 20.8 Å². The number of nitrogens with one attached hydrogen (secondary N) is 3. The summed E-state index contributed by atoms with van der Waals surface area (Å²) in [7, 11) is -3.83. The lowest BCUT2D eigenvalue weighted by Crippen LogP contribution is -2.61. The third kappa shape index (κ3) is 7.22. The number of hydrogen-bond donors (Lipinski definition) is 3. The number of benzene rings is 1. The number of rotatable bonds is 4. The Hall–Kier alpha value is -3.41. The lowest BCUT2D eigenvalue weighted by atomic mass is 9.92. The van der Waals surface area contributed by atoms with Crippen LogP contribution in [-0.2, 0) is 42.1 Å². The van der Waals surface area contributed by atoms with Crippen molar-refractivity contribution in [3.05, 3.63) is 47.5 Å². The molecule has 2 aliphatic carbocycles. The van der Waals surface area contributed by atoms with Crippen LogP contribution in [0.2, 0.25) is 0 Å². The normalized spacial score (nSPS) is 28.9. The Morgan fingerprint density at radius 2 is 1.77 bits per heavy atom. The molecule has 11 nitrogen and oxygen atoms in total. The highest BCUT2D eigenvalue weighted by Crippen LogP contribution is 2.46. The van der Waals surface area contributed by atoms with Gasteiger partial charge in [0.15, 0.2) is 0 Å². The molecule has 2 saturated carbocycles. The Morgan fingerprint density at radius 3 is 2.47 bits per heavy atom. The maximum atomic E-state index is 14.2. The molecule has 5 rings (SSSR count). The summed E-state index contributed by atoms with van der Waals surface area (Å²) in [5.74, 6) is -2.05. The molecule has 0 radical (unpaired) electrons. The molecule has 234 valence electrons. The van der Waals surface area contributed by atoms with Gasteiger partial charge >= 0.3 is 6.09 Å². The predicted octanol–water partition coefficient (Wildman–Crippen LogP) is 2.84. The molecule has 43 heavy (non-hydrogen) atoms. The lowest BCUT2D eigenvalue weighted by molar-refractivity contribution is -0.144. The number of alkyl carbamates (subject to hydrolysis) is 1. The van der Waals surface area contributed by atoms with Crippen molar-refractivity contribution in [2.45, 2.75) is 114 Å². The number of fused-ring (bicyclic) bond motifs is 3. The van der Waals surface area contributed by atoms with Gasteiger partial charge in [-0.05, 0) is 70.4 Å². The molecule has 2 aliphatic heterocycles. The quantitative estimate of drug-likeness (QED) is 0.441. The van der Waals surface area contributed by atoms with E-state index in [2.05, 4.69) is 15.4 Å². The first-order valence-corrected chi connectivity index (χ1v) is 16.8. The number of carbonyl (C=O) groups is 4. The Kier molecular flexibility index (Phi) is 8.61. The zero-order chi connectivity index (χ0) is 31.0. The fraction of sp³-hybridized carbons (Fsp3) is 0.613. The SMILES string of the molecule is CC(C)(C)OC(=O)N[C@H]1CCCCC/C=C\[C@H]2C[C@@]2(C(=O)NS(=O)(=O)C2CC2)NC(=O)C2Cc3ccccc3CN2C1=O. The number of sulfonamides is 1. The smallest absolute Gasteiger partial charge is 0.408 e. The Bertz CT molecular complexity index is 1420. The van der Waals surface area contributed by atoms with E-state index in [1.165, 1.54) is 4.90 Å². The average molecular weight is 615 g/mol. The average Bonchev–Trinajstić information content (AvgIpc) is 3.85. The molecule has 0 aromatic heterocycles. The summed E-state index contributed by atoms with van der Waals surface area (Å²) in [5.41, 5.74) is -0.378. The zero-order valence-electron chi connectivity index (χ0n) is 25.1. The molecule has 0 spiro atoms. The highest BCUT2D eigenvalue weighted by Gasteiger charge is 2.61. The molecule has 1 aromatic carbocycles. The first-order valence-electron chi connectivity index (χ1n) is 15.2. The van der Waals surface area contributed by atoms with Gasteiger partial charge in [0.1, 0.15) is 23.2 Å². The van der Waals surface area contributed by atoms with Crippen molar-refractivity contribution in [2.24, 2.45) is 5.92 Å². The summed E-state index contributed by atoms with van der Waals surface area (Å²) in [6.45, 7) is 5.38. The topological polar surface area (TPSA) is 151 Å². The van der Waals surface area contributed by atoms with Gasteiger partial charge in [0.25, 0.3) is 5.91 Å². The van der Waals surface area contributed by atoms with Crippen LogP contribution in [0, 0.1) is 5.92 Å². The molecule has 4 aliphatic rings. The van der Waals surface area contributed by atoms with Gasteiger partial charge in [-0.2, -0.15) is 0 Å². The second-order valence-electron chi connectivity index (χ2n) is 13.2. The molecule has 3 N–H and O–H groups in total. The highest BCUT2D eigenvalue weighted by atomic mass is 32.2. The molecule has 12 heteroatoms. The molecule has 0 bridgehead atoms. The maximum Gasteiger partial charge on any atom is 0.408 e. The second-order valence-corrected chi connectivity index (χ2v) is 15.1. The maximum absolute atomic E-state index is 14.2. The minimum Gasteiger partial charge on any atom is -0.444 e. The summed E-state index contributed by atoms with van der Waals surface area (Å²) >= 11 is 0. The van der Waals surface area contributed by atoms with Gasteiger partial charge in [0, 0.05) is 18.9 Å². The van der Waals surface area contributed by atoms with E-state index in [-0.39, 0.29) is 25.3 Å². The van der Waals surface area contributed by atoms with Crippen molar-refractivity contribution >= 4 is 33.8 Å². The standard InChI is InChI=1S/C31H42N4O7S/c1-30(2,3)42-29(39)32-24-14-8-6-4-5-7-13-22-18-31(22,28(38)34-43(40,41)23-15-16-23)33-26(36)25-17-20-11-9-10-12-21(20)19-35(25)27(24)37/h7,9-13,22-25H,4-6,8,14-19H2,1-3H3,(H,32,39)(H,33,36)(H,34,38)/b13-7-/t22-,24-,25?,31+/m0/s1. The Balaban J connectivity index is 1.45. The van der Waals surface area contributed by atoms with Crippen LogP contribution in [0.1, 0.15) is 83.3 Å². The number of hydrogen-bond acceptors (Lipinski definition) is 7. The van der Waals surface area contributed by atoms with Crippen molar-refractivity contribution in [1.29, 1.82) is 0 Å². The van der Waals surface area contributed by atoms with Crippen molar-refractivity contribution in [3.8, 4) is 0 Å². The van der Waals surface area contributed by atoms with Gasteiger partial charge in [0.05, 0.1) is 5.25 Å². The zero-order valence-corrected chi connectivity index (χ0v) is 25.9. The van der Waals surface area contributed by atoms with Crippen LogP contribution in [0.4, 0.5) is 4.79 Å². The predicted molar refractivity (Wildman–Crippen MR) is 159 cm³/mol. The first kappa shape index (κ1) is 31.0. The summed E-state index contributed by atoms with van der Waals surface area (Å²) in [6.07, 6.45) is 8.04. The van der Waals surface area contributed by atoms with Crippen LogP contribution < -0.4 is 15.4 Å². The second kappa shape index (κ2) is 11.9. The van der Waals surface area contributed by atoms with Gasteiger partial charge < -0.3 is 20.3 Å². The van der Waals surface area contributed by atoms with E-state index in [0.29, 0.717) is 25.7 Å². The van der Waals surface area contributed by atoms with E-state index in [9.17, 15) is 27.6 Å². The van der Waals surface area contributed by atoms with Crippen LogP contribution >= 0.6 is 0 Å². The molecule has 1 aromatic rings.